The average molecular weight is 580 g/mol. The third-order valence-electron chi connectivity index (χ3n) is 6.52. The molecular formula is C29H28Cl2N6OS. The molecule has 5 aromatic rings. The number of nitrogens with zero attached hydrogens (tertiary/aromatic N) is 4. The van der Waals surface area contributed by atoms with Gasteiger partial charge in [-0.15, -0.1) is 0 Å². The summed E-state index contributed by atoms with van der Waals surface area (Å²) < 4.78 is 3.13. The first-order valence-electron chi connectivity index (χ1n) is 12.7. The van der Waals surface area contributed by atoms with Gasteiger partial charge in [-0.05, 0) is 54.5 Å². The van der Waals surface area contributed by atoms with Gasteiger partial charge in [0.2, 0.25) is 0 Å². The fourth-order valence-corrected chi connectivity index (χ4v) is 5.85. The Kier molecular flexibility index (Phi) is 8.47. The van der Waals surface area contributed by atoms with Gasteiger partial charge < -0.3 is 4.57 Å². The molecule has 2 heterocycles. The van der Waals surface area contributed by atoms with E-state index >= 15 is 0 Å². The fourth-order valence-electron chi connectivity index (χ4n) is 4.45. The number of hydrazone groups is 1. The molecule has 0 aliphatic rings. The summed E-state index contributed by atoms with van der Waals surface area (Å²) in [6.07, 6.45) is 3.63. The van der Waals surface area contributed by atoms with Crippen LogP contribution in [0, 0.1) is 0 Å². The van der Waals surface area contributed by atoms with Gasteiger partial charge in [0.1, 0.15) is 0 Å². The molecule has 3 aromatic carbocycles. The van der Waals surface area contributed by atoms with Crippen LogP contribution in [0.1, 0.15) is 30.5 Å². The van der Waals surface area contributed by atoms with E-state index in [9.17, 15) is 4.79 Å². The smallest absolute Gasteiger partial charge is 0.341 e. The number of benzene rings is 3. The van der Waals surface area contributed by atoms with Crippen LogP contribution in [0.25, 0.3) is 21.1 Å². The first-order valence-corrected chi connectivity index (χ1v) is 14.2. The number of thiazole rings is 1. The lowest BCUT2D eigenvalue weighted by atomic mass is 10.2. The third-order valence-corrected chi connectivity index (χ3v) is 8.04. The summed E-state index contributed by atoms with van der Waals surface area (Å²) in [6.45, 7) is 7.79. The minimum absolute atomic E-state index is 0.453. The molecule has 39 heavy (non-hydrogen) atoms. The Hall–Kier alpha value is -3.43. The highest BCUT2D eigenvalue weighted by atomic mass is 35.5. The number of rotatable bonds is 9. The molecule has 0 saturated carbocycles. The van der Waals surface area contributed by atoms with Crippen LogP contribution in [0.15, 0.2) is 72.0 Å². The molecule has 0 radical (unpaired) electrons. The minimum atomic E-state index is -0.453. The number of nitrogens with one attached hydrogen (secondary N) is 2. The van der Waals surface area contributed by atoms with Crippen LogP contribution < -0.4 is 10.7 Å². The second-order valence-electron chi connectivity index (χ2n) is 9.07. The highest BCUT2D eigenvalue weighted by molar-refractivity contribution is 7.22. The predicted octanol–water partition coefficient (Wildman–Crippen LogP) is 7.60. The topological polar surface area (TPSA) is 74.6 Å². The molecule has 0 aliphatic heterocycles. The minimum Gasteiger partial charge on any atom is -0.342 e. The maximum absolute atomic E-state index is 12.5. The van der Waals surface area contributed by atoms with Crippen LogP contribution in [-0.4, -0.2) is 39.8 Å². The second kappa shape index (κ2) is 12.2. The molecular weight excluding hydrogens is 551 g/mol. The van der Waals surface area contributed by atoms with Crippen LogP contribution >= 0.6 is 34.5 Å². The van der Waals surface area contributed by atoms with E-state index in [0.717, 1.165) is 51.9 Å². The van der Waals surface area contributed by atoms with Gasteiger partial charge in [-0.2, -0.15) is 5.10 Å². The molecule has 5 rings (SSSR count). The van der Waals surface area contributed by atoms with Crippen molar-refractivity contribution in [3.8, 4) is 0 Å². The number of hydrogen-bond donors (Lipinski definition) is 2. The lowest BCUT2D eigenvalue weighted by molar-refractivity contribution is 0.252. The molecule has 0 aliphatic carbocycles. The van der Waals surface area contributed by atoms with E-state index in [1.54, 1.807) is 12.3 Å². The van der Waals surface area contributed by atoms with Crippen LogP contribution in [0.4, 0.5) is 9.93 Å². The van der Waals surface area contributed by atoms with Gasteiger partial charge >= 0.3 is 6.03 Å². The molecule has 2 aromatic heterocycles. The molecule has 0 spiro atoms. The lowest BCUT2D eigenvalue weighted by Crippen LogP contribution is -2.24. The van der Waals surface area contributed by atoms with Gasteiger partial charge in [-0.1, -0.05) is 78.7 Å². The largest absolute Gasteiger partial charge is 0.342 e. The average Bonchev–Trinajstić information content (AvgIpc) is 3.49. The van der Waals surface area contributed by atoms with E-state index in [1.165, 1.54) is 16.9 Å². The Morgan fingerprint density at radius 2 is 1.92 bits per heavy atom. The summed E-state index contributed by atoms with van der Waals surface area (Å²) >= 11 is 13.9. The van der Waals surface area contributed by atoms with Gasteiger partial charge in [0, 0.05) is 45.8 Å². The molecule has 7 nitrogen and oxygen atoms in total. The number of amides is 2. The zero-order valence-electron chi connectivity index (χ0n) is 21.6. The molecule has 0 saturated heterocycles. The molecule has 2 amide bonds. The van der Waals surface area contributed by atoms with Crippen molar-refractivity contribution in [1.82, 2.24) is 19.9 Å². The van der Waals surface area contributed by atoms with E-state index in [2.05, 4.69) is 56.3 Å². The summed E-state index contributed by atoms with van der Waals surface area (Å²) in [4.78, 5) is 19.4. The summed E-state index contributed by atoms with van der Waals surface area (Å²) in [5.41, 5.74) is 7.50. The van der Waals surface area contributed by atoms with Crippen molar-refractivity contribution in [3.63, 3.8) is 0 Å². The number of anilines is 1. The van der Waals surface area contributed by atoms with Crippen LogP contribution in [0.5, 0.6) is 0 Å². The monoisotopic (exact) mass is 578 g/mol. The molecule has 0 unspecified atom stereocenters. The maximum Gasteiger partial charge on any atom is 0.341 e. The third kappa shape index (κ3) is 6.42. The van der Waals surface area contributed by atoms with Crippen molar-refractivity contribution >= 4 is 73.0 Å². The standard InChI is InChI=1S/C29H28Cl2N6OS/c1-3-36(4-2)16-19-9-12-25-27(13-19)39-29(33-25)34-28(38)35-32-15-21-18-37(26-8-6-5-7-23(21)26)17-20-10-11-22(30)14-24(20)31/h5-15,18H,3-4,16-17H2,1-2H3,(H2,33,34,35,38)/b32-15+. The quantitative estimate of drug-likeness (QED) is 0.140. The van der Waals surface area contributed by atoms with Crippen molar-refractivity contribution in [3.05, 3.63) is 93.6 Å². The first-order chi connectivity index (χ1) is 18.9. The number of aromatic nitrogens is 2. The summed E-state index contributed by atoms with van der Waals surface area (Å²) in [5, 5.41) is 9.73. The van der Waals surface area contributed by atoms with Gasteiger partial charge in [0.05, 0.1) is 16.4 Å². The summed E-state index contributed by atoms with van der Waals surface area (Å²) in [5.74, 6) is 0. The van der Waals surface area contributed by atoms with Gasteiger partial charge in [0.25, 0.3) is 0 Å². The zero-order valence-corrected chi connectivity index (χ0v) is 23.9. The normalized spacial score (nSPS) is 11.7. The maximum atomic E-state index is 12.5. The number of hydrogen-bond acceptors (Lipinski definition) is 5. The van der Waals surface area contributed by atoms with E-state index in [0.29, 0.717) is 21.7 Å². The van der Waals surface area contributed by atoms with Crippen LogP contribution in [-0.2, 0) is 13.1 Å². The molecule has 2 N–H and O–H groups in total. The SMILES string of the molecule is CCN(CC)Cc1ccc2nc(NC(=O)N/N=C/c3cn(Cc4ccc(Cl)cc4Cl)c4ccccc34)sc2c1. The number of fused-ring (bicyclic) bond motifs is 2. The van der Waals surface area contributed by atoms with Crippen LogP contribution in [0.2, 0.25) is 10.0 Å². The molecule has 0 atom stereocenters. The Morgan fingerprint density at radius 1 is 1.10 bits per heavy atom. The Bertz CT molecular complexity index is 1660. The lowest BCUT2D eigenvalue weighted by Gasteiger charge is -2.17. The Balaban J connectivity index is 1.26. The fraction of sp³-hybridized carbons (Fsp3) is 0.207. The first kappa shape index (κ1) is 27.1. The van der Waals surface area contributed by atoms with E-state index < -0.39 is 6.03 Å². The van der Waals surface area contributed by atoms with Crippen molar-refractivity contribution in [2.24, 2.45) is 5.10 Å². The van der Waals surface area contributed by atoms with E-state index in [-0.39, 0.29) is 0 Å². The van der Waals surface area contributed by atoms with Crippen molar-refractivity contribution in [2.75, 3.05) is 18.4 Å². The van der Waals surface area contributed by atoms with Gasteiger partial charge in [-0.3, -0.25) is 10.2 Å². The zero-order chi connectivity index (χ0) is 27.4. The van der Waals surface area contributed by atoms with Crippen molar-refractivity contribution in [2.45, 2.75) is 26.9 Å². The highest BCUT2D eigenvalue weighted by Gasteiger charge is 2.11. The number of carbonyl (C=O) groups excluding carboxylic acids is 1. The Labute approximate surface area is 241 Å². The van der Waals surface area contributed by atoms with Gasteiger partial charge in [-0.25, -0.2) is 15.2 Å². The van der Waals surface area contributed by atoms with Crippen LogP contribution in [0.3, 0.4) is 0 Å². The summed E-state index contributed by atoms with van der Waals surface area (Å²) in [7, 11) is 0. The van der Waals surface area contributed by atoms with Crippen molar-refractivity contribution in [1.29, 1.82) is 0 Å². The van der Waals surface area contributed by atoms with E-state index in [4.69, 9.17) is 23.2 Å². The number of halogens is 2. The second-order valence-corrected chi connectivity index (χ2v) is 10.9. The molecule has 0 bridgehead atoms. The molecule has 10 heteroatoms. The van der Waals surface area contributed by atoms with Gasteiger partial charge in [0.15, 0.2) is 5.13 Å². The molecule has 200 valence electrons. The summed E-state index contributed by atoms with van der Waals surface area (Å²) in [6, 6.07) is 19.3. The molecule has 0 fully saturated rings. The number of carbonyl (C=O) groups is 1. The number of urea groups is 1. The van der Waals surface area contributed by atoms with E-state index in [1.807, 2.05) is 48.7 Å². The Morgan fingerprint density at radius 3 is 2.72 bits per heavy atom. The van der Waals surface area contributed by atoms with Crippen molar-refractivity contribution < 1.29 is 4.79 Å². The number of para-hydroxylation sites is 1. The predicted molar refractivity (Wildman–Crippen MR) is 163 cm³/mol. The highest BCUT2D eigenvalue weighted by Crippen LogP contribution is 2.28.